The molecule has 0 saturated heterocycles. The van der Waals surface area contributed by atoms with Gasteiger partial charge < -0.3 is 9.51 Å². The van der Waals surface area contributed by atoms with E-state index in [2.05, 4.69) is 0 Å². The Morgan fingerprint density at radius 3 is 2.64 bits per heavy atom. The van der Waals surface area contributed by atoms with Crippen LogP contribution in [0.2, 0.25) is 10.0 Å². The van der Waals surface area contributed by atoms with Gasteiger partial charge in [-0.1, -0.05) is 29.3 Å². The van der Waals surface area contributed by atoms with Gasteiger partial charge in [-0.05, 0) is 48.4 Å². The molecule has 5 heteroatoms. The van der Waals surface area contributed by atoms with Gasteiger partial charge in [0.1, 0.15) is 0 Å². The Kier molecular flexibility index (Phi) is 3.85. The van der Waals surface area contributed by atoms with Crippen molar-refractivity contribution in [2.75, 3.05) is 0 Å². The molecule has 0 bridgehead atoms. The van der Waals surface area contributed by atoms with Crippen molar-refractivity contribution in [1.82, 2.24) is 4.40 Å². The Hall–Kier alpha value is -1.97. The summed E-state index contributed by atoms with van der Waals surface area (Å²) < 4.78 is 1.91. The molecule has 0 atom stereocenters. The lowest BCUT2D eigenvalue weighted by Crippen LogP contribution is -2.02. The number of hydrogen-bond acceptors (Lipinski definition) is 1. The second-order valence-electron chi connectivity index (χ2n) is 5.20. The SMILES string of the molecule is Cc1cc2ccc(C(=O)O)cn2c1Cc1ccc(Cl)cc1Cl. The van der Waals surface area contributed by atoms with Crippen molar-refractivity contribution < 1.29 is 9.90 Å². The Bertz CT molecular complexity index is 884. The lowest BCUT2D eigenvalue weighted by molar-refractivity contribution is 0.0696. The number of aryl methyl sites for hydroxylation is 1. The van der Waals surface area contributed by atoms with Crippen LogP contribution in [0.15, 0.2) is 42.6 Å². The number of aromatic nitrogens is 1. The zero-order valence-corrected chi connectivity index (χ0v) is 13.3. The highest BCUT2D eigenvalue weighted by Gasteiger charge is 2.12. The third-order valence-corrected chi connectivity index (χ3v) is 4.30. The first-order valence-electron chi connectivity index (χ1n) is 6.73. The van der Waals surface area contributed by atoms with Gasteiger partial charge in [-0.3, -0.25) is 0 Å². The number of pyridine rings is 1. The van der Waals surface area contributed by atoms with Crippen LogP contribution in [-0.4, -0.2) is 15.5 Å². The van der Waals surface area contributed by atoms with Crippen molar-refractivity contribution >= 4 is 34.7 Å². The molecule has 0 aliphatic heterocycles. The first-order chi connectivity index (χ1) is 10.5. The second kappa shape index (κ2) is 5.67. The Morgan fingerprint density at radius 2 is 1.95 bits per heavy atom. The number of rotatable bonds is 3. The Morgan fingerprint density at radius 1 is 1.18 bits per heavy atom. The van der Waals surface area contributed by atoms with Gasteiger partial charge in [-0.15, -0.1) is 0 Å². The maximum absolute atomic E-state index is 11.2. The molecule has 1 N–H and O–H groups in total. The van der Waals surface area contributed by atoms with Crippen molar-refractivity contribution in [2.45, 2.75) is 13.3 Å². The summed E-state index contributed by atoms with van der Waals surface area (Å²) in [6, 6.07) is 10.9. The highest BCUT2D eigenvalue weighted by molar-refractivity contribution is 6.35. The maximum Gasteiger partial charge on any atom is 0.337 e. The third-order valence-electron chi connectivity index (χ3n) is 3.71. The van der Waals surface area contributed by atoms with E-state index in [1.807, 2.05) is 29.5 Å². The largest absolute Gasteiger partial charge is 0.478 e. The molecule has 0 amide bonds. The summed E-state index contributed by atoms with van der Waals surface area (Å²) >= 11 is 12.2. The van der Waals surface area contributed by atoms with E-state index in [0.717, 1.165) is 22.3 Å². The molecule has 0 spiro atoms. The summed E-state index contributed by atoms with van der Waals surface area (Å²) in [5.41, 5.74) is 4.28. The molecule has 0 fully saturated rings. The molecule has 2 aromatic heterocycles. The predicted octanol–water partition coefficient (Wildman–Crippen LogP) is 4.84. The van der Waals surface area contributed by atoms with E-state index in [1.165, 1.54) is 0 Å². The molecule has 0 aliphatic rings. The fourth-order valence-electron chi connectivity index (χ4n) is 2.56. The molecular weight excluding hydrogens is 321 g/mol. The number of aromatic carboxylic acids is 1. The van der Waals surface area contributed by atoms with E-state index in [1.54, 1.807) is 24.4 Å². The summed E-state index contributed by atoms with van der Waals surface area (Å²) in [4.78, 5) is 11.2. The van der Waals surface area contributed by atoms with E-state index in [9.17, 15) is 4.79 Å². The van der Waals surface area contributed by atoms with Crippen LogP contribution in [0.1, 0.15) is 27.2 Å². The van der Waals surface area contributed by atoms with Crippen LogP contribution >= 0.6 is 23.2 Å². The number of nitrogens with zero attached hydrogens (tertiary/aromatic N) is 1. The van der Waals surface area contributed by atoms with Gasteiger partial charge in [0, 0.05) is 33.9 Å². The number of fused-ring (bicyclic) bond motifs is 1. The van der Waals surface area contributed by atoms with E-state index in [4.69, 9.17) is 28.3 Å². The van der Waals surface area contributed by atoms with Crippen LogP contribution in [-0.2, 0) is 6.42 Å². The highest BCUT2D eigenvalue weighted by Crippen LogP contribution is 2.26. The van der Waals surface area contributed by atoms with Gasteiger partial charge in [0.2, 0.25) is 0 Å². The lowest BCUT2D eigenvalue weighted by atomic mass is 10.1. The van der Waals surface area contributed by atoms with Crippen molar-refractivity contribution in [3.63, 3.8) is 0 Å². The first kappa shape index (κ1) is 14.9. The number of hydrogen-bond donors (Lipinski definition) is 1. The fourth-order valence-corrected chi connectivity index (χ4v) is 3.03. The van der Waals surface area contributed by atoms with Crippen molar-refractivity contribution in [1.29, 1.82) is 0 Å². The zero-order chi connectivity index (χ0) is 15.9. The van der Waals surface area contributed by atoms with Gasteiger partial charge in [-0.25, -0.2) is 4.79 Å². The predicted molar refractivity (Wildman–Crippen MR) is 88.4 cm³/mol. The molecule has 0 aliphatic carbocycles. The fraction of sp³-hybridized carbons (Fsp3) is 0.118. The zero-order valence-electron chi connectivity index (χ0n) is 11.8. The average Bonchev–Trinajstić information content (AvgIpc) is 2.77. The topological polar surface area (TPSA) is 41.7 Å². The number of carboxylic acids is 1. The van der Waals surface area contributed by atoms with Crippen molar-refractivity contribution in [2.24, 2.45) is 0 Å². The Balaban J connectivity index is 2.11. The van der Waals surface area contributed by atoms with Crippen LogP contribution < -0.4 is 0 Å². The monoisotopic (exact) mass is 333 g/mol. The van der Waals surface area contributed by atoms with Crippen LogP contribution in [0.5, 0.6) is 0 Å². The molecular formula is C17H13Cl2NO2. The minimum Gasteiger partial charge on any atom is -0.478 e. The number of carbonyl (C=O) groups is 1. The number of carboxylic acid groups (broad SMARTS) is 1. The summed E-state index contributed by atoms with van der Waals surface area (Å²) in [6.45, 7) is 2.01. The molecule has 112 valence electrons. The third kappa shape index (κ3) is 2.70. The van der Waals surface area contributed by atoms with Crippen molar-refractivity contribution in [3.05, 3.63) is 75.0 Å². The number of halogens is 2. The van der Waals surface area contributed by atoms with Crippen LogP contribution in [0.25, 0.3) is 5.52 Å². The van der Waals surface area contributed by atoms with Crippen molar-refractivity contribution in [3.8, 4) is 0 Å². The van der Waals surface area contributed by atoms with Gasteiger partial charge in [0.25, 0.3) is 0 Å². The molecule has 22 heavy (non-hydrogen) atoms. The number of benzene rings is 1. The smallest absolute Gasteiger partial charge is 0.337 e. The quantitative estimate of drug-likeness (QED) is 0.744. The van der Waals surface area contributed by atoms with E-state index >= 15 is 0 Å². The molecule has 1 aromatic carbocycles. The van der Waals surface area contributed by atoms with Gasteiger partial charge >= 0.3 is 5.97 Å². The molecule has 3 aromatic rings. The van der Waals surface area contributed by atoms with Gasteiger partial charge in [0.05, 0.1) is 5.56 Å². The van der Waals surface area contributed by atoms with E-state index < -0.39 is 5.97 Å². The molecule has 0 radical (unpaired) electrons. The van der Waals surface area contributed by atoms with Gasteiger partial charge in [0.15, 0.2) is 0 Å². The standard InChI is InChI=1S/C17H13Cl2NO2/c1-10-6-14-5-3-12(17(21)22)9-20(14)16(10)7-11-2-4-13(18)8-15(11)19/h2-6,8-9H,7H2,1H3,(H,21,22). The minimum absolute atomic E-state index is 0.256. The normalized spacial score (nSPS) is 11.0. The lowest BCUT2D eigenvalue weighted by Gasteiger charge is -2.08. The van der Waals surface area contributed by atoms with Gasteiger partial charge in [-0.2, -0.15) is 0 Å². The summed E-state index contributed by atoms with van der Waals surface area (Å²) in [5.74, 6) is -0.941. The first-order valence-corrected chi connectivity index (χ1v) is 7.49. The molecule has 0 saturated carbocycles. The Labute approximate surface area is 137 Å². The summed E-state index contributed by atoms with van der Waals surface area (Å²) in [6.07, 6.45) is 2.25. The molecule has 0 unspecified atom stereocenters. The van der Waals surface area contributed by atoms with E-state index in [0.29, 0.717) is 16.5 Å². The highest BCUT2D eigenvalue weighted by atomic mass is 35.5. The molecule has 2 heterocycles. The van der Waals surface area contributed by atoms with Crippen LogP contribution in [0, 0.1) is 6.92 Å². The average molecular weight is 334 g/mol. The summed E-state index contributed by atoms with van der Waals surface area (Å²) in [5, 5.41) is 10.4. The molecule has 3 nitrogen and oxygen atoms in total. The maximum atomic E-state index is 11.2. The minimum atomic E-state index is -0.941. The molecule has 3 rings (SSSR count). The summed E-state index contributed by atoms with van der Waals surface area (Å²) in [7, 11) is 0. The van der Waals surface area contributed by atoms with E-state index in [-0.39, 0.29) is 5.56 Å². The van der Waals surface area contributed by atoms with Crippen LogP contribution in [0.4, 0.5) is 0 Å². The van der Waals surface area contributed by atoms with Crippen LogP contribution in [0.3, 0.4) is 0 Å². The second-order valence-corrected chi connectivity index (χ2v) is 6.05.